The standard InChI is InChI=1S/C15H22BrNO/c1-9-4-5-13(7-10(9)2)18-15-11(3)6-12(16)8-14(15)17/h6,8-10,13H,4-5,7,17H2,1-3H3. The molecule has 1 aliphatic rings. The molecular formula is C15H22BrNO. The highest BCUT2D eigenvalue weighted by Crippen LogP contribution is 2.36. The molecule has 1 saturated carbocycles. The van der Waals surface area contributed by atoms with Gasteiger partial charge in [0, 0.05) is 4.47 Å². The molecule has 1 aliphatic carbocycles. The van der Waals surface area contributed by atoms with Gasteiger partial charge in [0.2, 0.25) is 0 Å². The number of anilines is 1. The van der Waals surface area contributed by atoms with Crippen LogP contribution >= 0.6 is 15.9 Å². The van der Waals surface area contributed by atoms with Crippen LogP contribution in [0.1, 0.15) is 38.7 Å². The Balaban J connectivity index is 2.10. The van der Waals surface area contributed by atoms with Gasteiger partial charge in [-0.1, -0.05) is 29.8 Å². The predicted octanol–water partition coefficient (Wildman–Crippen LogP) is 4.54. The minimum Gasteiger partial charge on any atom is -0.488 e. The van der Waals surface area contributed by atoms with Crippen molar-refractivity contribution in [2.45, 2.75) is 46.1 Å². The Labute approximate surface area is 118 Å². The van der Waals surface area contributed by atoms with E-state index in [4.69, 9.17) is 10.5 Å². The topological polar surface area (TPSA) is 35.2 Å². The summed E-state index contributed by atoms with van der Waals surface area (Å²) in [5, 5.41) is 0. The van der Waals surface area contributed by atoms with E-state index in [-0.39, 0.29) is 0 Å². The van der Waals surface area contributed by atoms with Crippen LogP contribution in [0.2, 0.25) is 0 Å². The molecule has 0 aliphatic heterocycles. The Morgan fingerprint density at radius 3 is 2.56 bits per heavy atom. The van der Waals surface area contributed by atoms with Crippen LogP contribution in [0.5, 0.6) is 5.75 Å². The quantitative estimate of drug-likeness (QED) is 0.814. The van der Waals surface area contributed by atoms with Crippen molar-refractivity contribution in [1.29, 1.82) is 0 Å². The Kier molecular flexibility index (Phi) is 4.21. The van der Waals surface area contributed by atoms with Gasteiger partial charge in [0.05, 0.1) is 11.8 Å². The minimum absolute atomic E-state index is 0.318. The second-order valence-electron chi connectivity index (χ2n) is 5.65. The maximum Gasteiger partial charge on any atom is 0.145 e. The highest BCUT2D eigenvalue weighted by molar-refractivity contribution is 9.10. The number of rotatable bonds is 2. The number of hydrogen-bond donors (Lipinski definition) is 1. The van der Waals surface area contributed by atoms with Crippen molar-refractivity contribution in [2.75, 3.05) is 5.73 Å². The number of benzene rings is 1. The maximum absolute atomic E-state index is 6.14. The van der Waals surface area contributed by atoms with E-state index in [1.165, 1.54) is 6.42 Å². The molecule has 18 heavy (non-hydrogen) atoms. The van der Waals surface area contributed by atoms with Crippen LogP contribution in [-0.2, 0) is 0 Å². The molecule has 0 saturated heterocycles. The van der Waals surface area contributed by atoms with Crippen LogP contribution in [0.25, 0.3) is 0 Å². The Morgan fingerprint density at radius 2 is 1.94 bits per heavy atom. The van der Waals surface area contributed by atoms with Crippen molar-refractivity contribution >= 4 is 21.6 Å². The van der Waals surface area contributed by atoms with Crippen molar-refractivity contribution in [3.8, 4) is 5.75 Å². The molecule has 0 aromatic heterocycles. The van der Waals surface area contributed by atoms with Crippen LogP contribution < -0.4 is 10.5 Å². The summed E-state index contributed by atoms with van der Waals surface area (Å²) in [6.07, 6.45) is 3.84. The van der Waals surface area contributed by atoms with Gasteiger partial charge in [0.25, 0.3) is 0 Å². The van der Waals surface area contributed by atoms with E-state index >= 15 is 0 Å². The molecule has 100 valence electrons. The molecule has 3 heteroatoms. The smallest absolute Gasteiger partial charge is 0.145 e. The molecule has 0 bridgehead atoms. The number of hydrogen-bond acceptors (Lipinski definition) is 2. The van der Waals surface area contributed by atoms with E-state index in [9.17, 15) is 0 Å². The van der Waals surface area contributed by atoms with Crippen molar-refractivity contribution in [3.05, 3.63) is 22.2 Å². The number of nitrogens with two attached hydrogens (primary N) is 1. The number of halogens is 1. The molecule has 0 heterocycles. The van der Waals surface area contributed by atoms with Gasteiger partial charge in [0.15, 0.2) is 0 Å². The lowest BCUT2D eigenvalue weighted by atomic mass is 9.80. The van der Waals surface area contributed by atoms with E-state index < -0.39 is 0 Å². The van der Waals surface area contributed by atoms with Crippen LogP contribution in [0.4, 0.5) is 5.69 Å². The van der Waals surface area contributed by atoms with Gasteiger partial charge in [-0.2, -0.15) is 0 Å². The van der Waals surface area contributed by atoms with Crippen LogP contribution in [0.3, 0.4) is 0 Å². The predicted molar refractivity (Wildman–Crippen MR) is 79.9 cm³/mol. The molecule has 3 unspecified atom stereocenters. The summed E-state index contributed by atoms with van der Waals surface area (Å²) in [5.41, 5.74) is 7.88. The van der Waals surface area contributed by atoms with Crippen molar-refractivity contribution in [3.63, 3.8) is 0 Å². The summed E-state index contributed by atoms with van der Waals surface area (Å²) in [5.74, 6) is 2.42. The Morgan fingerprint density at radius 1 is 1.22 bits per heavy atom. The van der Waals surface area contributed by atoms with Gasteiger partial charge in [0.1, 0.15) is 5.75 Å². The molecule has 2 rings (SSSR count). The number of aryl methyl sites for hydroxylation is 1. The molecular weight excluding hydrogens is 290 g/mol. The number of nitrogen functional groups attached to an aromatic ring is 1. The van der Waals surface area contributed by atoms with Crippen molar-refractivity contribution in [2.24, 2.45) is 11.8 Å². The van der Waals surface area contributed by atoms with Gasteiger partial charge < -0.3 is 10.5 Å². The zero-order valence-electron chi connectivity index (χ0n) is 11.4. The van der Waals surface area contributed by atoms with Crippen LogP contribution in [-0.4, -0.2) is 6.10 Å². The summed E-state index contributed by atoms with van der Waals surface area (Å²) in [6, 6.07) is 3.97. The third-order valence-electron chi connectivity index (χ3n) is 4.10. The van der Waals surface area contributed by atoms with E-state index in [0.717, 1.165) is 46.2 Å². The third-order valence-corrected chi connectivity index (χ3v) is 4.56. The summed E-state index contributed by atoms with van der Waals surface area (Å²) in [6.45, 7) is 6.70. The van der Waals surface area contributed by atoms with Gasteiger partial charge in [-0.25, -0.2) is 0 Å². The first-order valence-corrected chi connectivity index (χ1v) is 7.49. The first-order chi connectivity index (χ1) is 8.47. The van der Waals surface area contributed by atoms with Gasteiger partial charge in [-0.15, -0.1) is 0 Å². The largest absolute Gasteiger partial charge is 0.488 e. The molecule has 1 fully saturated rings. The lowest BCUT2D eigenvalue weighted by Crippen LogP contribution is -2.29. The molecule has 2 N–H and O–H groups in total. The SMILES string of the molecule is Cc1cc(Br)cc(N)c1OC1CCC(C)C(C)C1. The van der Waals surface area contributed by atoms with Crippen molar-refractivity contribution < 1.29 is 4.74 Å². The fourth-order valence-corrected chi connectivity index (χ4v) is 3.28. The second kappa shape index (κ2) is 5.52. The first kappa shape index (κ1) is 13.7. The fourth-order valence-electron chi connectivity index (χ4n) is 2.69. The monoisotopic (exact) mass is 311 g/mol. The Hall–Kier alpha value is -0.700. The van der Waals surface area contributed by atoms with E-state index in [1.807, 2.05) is 13.0 Å². The summed E-state index contributed by atoms with van der Waals surface area (Å²) in [7, 11) is 0. The van der Waals surface area contributed by atoms with Gasteiger partial charge in [-0.05, 0) is 55.7 Å². The Bertz CT molecular complexity index is 409. The first-order valence-electron chi connectivity index (χ1n) is 6.69. The lowest BCUT2D eigenvalue weighted by molar-refractivity contribution is 0.101. The molecule has 3 atom stereocenters. The van der Waals surface area contributed by atoms with Crippen molar-refractivity contribution in [1.82, 2.24) is 0 Å². The highest BCUT2D eigenvalue weighted by atomic mass is 79.9. The molecule has 0 amide bonds. The van der Waals surface area contributed by atoms with Gasteiger partial charge in [-0.3, -0.25) is 0 Å². The minimum atomic E-state index is 0.318. The summed E-state index contributed by atoms with van der Waals surface area (Å²) < 4.78 is 7.15. The molecule has 0 radical (unpaired) electrons. The third kappa shape index (κ3) is 3.00. The van der Waals surface area contributed by atoms with E-state index in [1.54, 1.807) is 0 Å². The second-order valence-corrected chi connectivity index (χ2v) is 6.56. The molecule has 1 aromatic carbocycles. The maximum atomic E-state index is 6.14. The van der Waals surface area contributed by atoms with E-state index in [0.29, 0.717) is 6.10 Å². The summed E-state index contributed by atoms with van der Waals surface area (Å²) >= 11 is 3.45. The zero-order chi connectivity index (χ0) is 13.3. The number of ether oxygens (including phenoxy) is 1. The van der Waals surface area contributed by atoms with Crippen LogP contribution in [0, 0.1) is 18.8 Å². The molecule has 2 nitrogen and oxygen atoms in total. The van der Waals surface area contributed by atoms with E-state index in [2.05, 4.69) is 35.8 Å². The zero-order valence-corrected chi connectivity index (χ0v) is 13.0. The fraction of sp³-hybridized carbons (Fsp3) is 0.600. The lowest BCUT2D eigenvalue weighted by Gasteiger charge is -2.32. The summed E-state index contributed by atoms with van der Waals surface area (Å²) in [4.78, 5) is 0. The van der Waals surface area contributed by atoms with Gasteiger partial charge >= 0.3 is 0 Å². The average Bonchev–Trinajstić information content (AvgIpc) is 2.28. The average molecular weight is 312 g/mol. The van der Waals surface area contributed by atoms with Crippen LogP contribution in [0.15, 0.2) is 16.6 Å². The normalized spacial score (nSPS) is 28.1. The molecule has 0 spiro atoms. The molecule has 1 aromatic rings. The highest BCUT2D eigenvalue weighted by Gasteiger charge is 2.26.